The molecule has 32 heavy (non-hydrogen) atoms. The number of carbonyl (C=O) groups is 2. The summed E-state index contributed by atoms with van der Waals surface area (Å²) < 4.78 is 16.8. The standard InChI is InChI=1S/C26H27NO5/c1-2-30-23-17-10-9-16-22(23)27-26(29)25(20-12-5-3-6-13-20)32-24(28)18-11-19-31-21-14-7-4-8-15-21/h3-10,12-17,25H,2,11,18-19H2,1H3,(H,27,29). The Labute approximate surface area is 188 Å². The first-order valence-electron chi connectivity index (χ1n) is 10.6. The summed E-state index contributed by atoms with van der Waals surface area (Å²) >= 11 is 0. The first-order valence-corrected chi connectivity index (χ1v) is 10.6. The van der Waals surface area contributed by atoms with E-state index < -0.39 is 18.0 Å². The Kier molecular flexibility index (Phi) is 8.69. The molecular weight excluding hydrogens is 406 g/mol. The van der Waals surface area contributed by atoms with Gasteiger partial charge in [0.1, 0.15) is 11.5 Å². The molecule has 0 saturated heterocycles. The van der Waals surface area contributed by atoms with Crippen LogP contribution in [0.2, 0.25) is 0 Å². The van der Waals surface area contributed by atoms with Gasteiger partial charge in [0.2, 0.25) is 6.10 Å². The zero-order chi connectivity index (χ0) is 22.6. The highest BCUT2D eigenvalue weighted by atomic mass is 16.5. The molecule has 3 aromatic carbocycles. The molecule has 1 N–H and O–H groups in total. The molecule has 0 spiro atoms. The number of carbonyl (C=O) groups excluding carboxylic acids is 2. The molecule has 0 heterocycles. The van der Waals surface area contributed by atoms with Crippen LogP contribution in [-0.2, 0) is 14.3 Å². The third-order valence-corrected chi connectivity index (χ3v) is 4.57. The van der Waals surface area contributed by atoms with E-state index in [1.165, 1.54) is 0 Å². The fraction of sp³-hybridized carbons (Fsp3) is 0.231. The highest BCUT2D eigenvalue weighted by Gasteiger charge is 2.25. The molecule has 0 bridgehead atoms. The molecule has 3 aromatic rings. The van der Waals surface area contributed by atoms with Gasteiger partial charge in [-0.3, -0.25) is 9.59 Å². The molecule has 6 nitrogen and oxygen atoms in total. The van der Waals surface area contributed by atoms with E-state index in [1.54, 1.807) is 42.5 Å². The van der Waals surface area contributed by atoms with Crippen molar-refractivity contribution < 1.29 is 23.8 Å². The Hall–Kier alpha value is -3.80. The third-order valence-electron chi connectivity index (χ3n) is 4.57. The summed E-state index contributed by atoms with van der Waals surface area (Å²) in [7, 11) is 0. The van der Waals surface area contributed by atoms with Crippen LogP contribution >= 0.6 is 0 Å². The number of esters is 1. The van der Waals surface area contributed by atoms with Gasteiger partial charge in [-0.05, 0) is 37.6 Å². The van der Waals surface area contributed by atoms with E-state index in [0.717, 1.165) is 5.75 Å². The second-order valence-electron chi connectivity index (χ2n) is 6.96. The first kappa shape index (κ1) is 22.9. The SMILES string of the molecule is CCOc1ccccc1NC(=O)C(OC(=O)CCCOc1ccccc1)c1ccccc1. The number of ether oxygens (including phenoxy) is 3. The van der Waals surface area contributed by atoms with Crippen LogP contribution < -0.4 is 14.8 Å². The van der Waals surface area contributed by atoms with E-state index >= 15 is 0 Å². The van der Waals surface area contributed by atoms with Gasteiger partial charge in [-0.1, -0.05) is 60.7 Å². The summed E-state index contributed by atoms with van der Waals surface area (Å²) in [4.78, 5) is 25.5. The zero-order valence-electron chi connectivity index (χ0n) is 18.0. The summed E-state index contributed by atoms with van der Waals surface area (Å²) in [5.74, 6) is 0.385. The normalized spacial score (nSPS) is 11.3. The van der Waals surface area contributed by atoms with E-state index in [4.69, 9.17) is 14.2 Å². The van der Waals surface area contributed by atoms with Gasteiger partial charge in [-0.2, -0.15) is 0 Å². The van der Waals surface area contributed by atoms with Crippen molar-refractivity contribution in [2.45, 2.75) is 25.9 Å². The average molecular weight is 434 g/mol. The highest BCUT2D eigenvalue weighted by Crippen LogP contribution is 2.27. The van der Waals surface area contributed by atoms with Gasteiger partial charge in [0.05, 0.1) is 18.9 Å². The predicted molar refractivity (Wildman–Crippen MR) is 123 cm³/mol. The minimum Gasteiger partial charge on any atom is -0.494 e. The van der Waals surface area contributed by atoms with E-state index in [9.17, 15) is 9.59 Å². The minimum atomic E-state index is -1.08. The third kappa shape index (κ3) is 6.87. The van der Waals surface area contributed by atoms with Crippen molar-refractivity contribution >= 4 is 17.6 Å². The van der Waals surface area contributed by atoms with E-state index in [0.29, 0.717) is 36.6 Å². The van der Waals surface area contributed by atoms with Crippen LogP contribution in [0, 0.1) is 0 Å². The topological polar surface area (TPSA) is 73.9 Å². The predicted octanol–water partition coefficient (Wildman–Crippen LogP) is 5.17. The molecule has 0 aliphatic heterocycles. The molecule has 6 heteroatoms. The minimum absolute atomic E-state index is 0.138. The van der Waals surface area contributed by atoms with Crippen LogP contribution in [0.1, 0.15) is 31.4 Å². The second-order valence-corrected chi connectivity index (χ2v) is 6.96. The van der Waals surface area contributed by atoms with Gasteiger partial charge in [-0.25, -0.2) is 0 Å². The van der Waals surface area contributed by atoms with Crippen LogP contribution in [0.15, 0.2) is 84.9 Å². The smallest absolute Gasteiger partial charge is 0.307 e. The van der Waals surface area contributed by atoms with Crippen LogP contribution in [-0.4, -0.2) is 25.1 Å². The van der Waals surface area contributed by atoms with Gasteiger partial charge in [0.25, 0.3) is 5.91 Å². The fourth-order valence-corrected chi connectivity index (χ4v) is 3.06. The maximum absolute atomic E-state index is 13.1. The maximum Gasteiger partial charge on any atom is 0.307 e. The molecule has 0 aliphatic carbocycles. The van der Waals surface area contributed by atoms with Crippen molar-refractivity contribution in [2.75, 3.05) is 18.5 Å². The Balaban J connectivity index is 1.61. The van der Waals surface area contributed by atoms with Crippen molar-refractivity contribution in [3.05, 3.63) is 90.5 Å². The summed E-state index contributed by atoms with van der Waals surface area (Å²) in [5.41, 5.74) is 1.11. The number of amides is 1. The lowest BCUT2D eigenvalue weighted by Gasteiger charge is -2.19. The maximum atomic E-state index is 13.1. The summed E-state index contributed by atoms with van der Waals surface area (Å²) in [6.07, 6.45) is -0.461. The van der Waals surface area contributed by atoms with E-state index in [-0.39, 0.29) is 6.42 Å². The van der Waals surface area contributed by atoms with E-state index in [2.05, 4.69) is 5.32 Å². The molecule has 1 atom stereocenters. The van der Waals surface area contributed by atoms with Crippen molar-refractivity contribution in [2.24, 2.45) is 0 Å². The lowest BCUT2D eigenvalue weighted by molar-refractivity contribution is -0.155. The van der Waals surface area contributed by atoms with Crippen LogP contribution in [0.3, 0.4) is 0 Å². The number of hydrogen-bond acceptors (Lipinski definition) is 5. The summed E-state index contributed by atoms with van der Waals surface area (Å²) in [6.45, 7) is 2.72. The lowest BCUT2D eigenvalue weighted by atomic mass is 10.1. The van der Waals surface area contributed by atoms with E-state index in [1.807, 2.05) is 49.4 Å². The Morgan fingerprint density at radius 1 is 0.844 bits per heavy atom. The molecule has 3 rings (SSSR count). The second kappa shape index (κ2) is 12.2. The average Bonchev–Trinajstić information content (AvgIpc) is 2.83. The van der Waals surface area contributed by atoms with Crippen molar-refractivity contribution in [1.29, 1.82) is 0 Å². The van der Waals surface area contributed by atoms with Gasteiger partial charge in [-0.15, -0.1) is 0 Å². The Morgan fingerprint density at radius 2 is 1.50 bits per heavy atom. The Morgan fingerprint density at radius 3 is 2.22 bits per heavy atom. The molecular formula is C26H27NO5. The van der Waals surface area contributed by atoms with Gasteiger partial charge < -0.3 is 19.5 Å². The molecule has 0 aliphatic rings. The van der Waals surface area contributed by atoms with Crippen LogP contribution in [0.4, 0.5) is 5.69 Å². The van der Waals surface area contributed by atoms with Gasteiger partial charge in [0.15, 0.2) is 0 Å². The summed E-state index contributed by atoms with van der Waals surface area (Å²) in [5, 5.41) is 2.82. The number of benzene rings is 3. The highest BCUT2D eigenvalue weighted by molar-refractivity contribution is 5.97. The van der Waals surface area contributed by atoms with Gasteiger partial charge >= 0.3 is 5.97 Å². The molecule has 0 aromatic heterocycles. The molecule has 1 unspecified atom stereocenters. The van der Waals surface area contributed by atoms with Gasteiger partial charge in [0, 0.05) is 12.0 Å². The van der Waals surface area contributed by atoms with Crippen molar-refractivity contribution in [3.8, 4) is 11.5 Å². The number of nitrogens with one attached hydrogen (secondary N) is 1. The summed E-state index contributed by atoms with van der Waals surface area (Å²) in [6, 6.07) is 25.5. The van der Waals surface area contributed by atoms with Crippen molar-refractivity contribution in [3.63, 3.8) is 0 Å². The number of hydrogen-bond donors (Lipinski definition) is 1. The van der Waals surface area contributed by atoms with Crippen LogP contribution in [0.25, 0.3) is 0 Å². The lowest BCUT2D eigenvalue weighted by Crippen LogP contribution is -2.26. The molecule has 0 saturated carbocycles. The van der Waals surface area contributed by atoms with Crippen molar-refractivity contribution in [1.82, 2.24) is 0 Å². The number of anilines is 1. The molecule has 166 valence electrons. The number of rotatable bonds is 11. The zero-order valence-corrected chi connectivity index (χ0v) is 18.0. The monoisotopic (exact) mass is 433 g/mol. The first-order chi connectivity index (χ1) is 15.7. The fourth-order valence-electron chi connectivity index (χ4n) is 3.06. The molecule has 0 fully saturated rings. The largest absolute Gasteiger partial charge is 0.494 e. The Bertz CT molecular complexity index is 991. The molecule has 0 radical (unpaired) electrons. The van der Waals surface area contributed by atoms with Crippen LogP contribution in [0.5, 0.6) is 11.5 Å². The number of para-hydroxylation sites is 3. The molecule has 1 amide bonds. The quantitative estimate of drug-likeness (QED) is 0.334.